The van der Waals surface area contributed by atoms with Crippen molar-refractivity contribution in [2.45, 2.75) is 45.6 Å². The van der Waals surface area contributed by atoms with Gasteiger partial charge in [-0.2, -0.15) is 18.3 Å². The zero-order chi connectivity index (χ0) is 12.6. The second-order valence-corrected chi connectivity index (χ2v) is 4.70. The molecular weight excluding hydrogens is 231 g/mol. The fourth-order valence-electron chi connectivity index (χ4n) is 2.17. The Kier molecular flexibility index (Phi) is 3.16. The van der Waals surface area contributed by atoms with Crippen molar-refractivity contribution in [1.29, 1.82) is 0 Å². The van der Waals surface area contributed by atoms with E-state index in [4.69, 9.17) is 0 Å². The van der Waals surface area contributed by atoms with Crippen LogP contribution in [0.25, 0.3) is 0 Å². The predicted octanol–water partition coefficient (Wildman–Crippen LogP) is 2.21. The molecule has 0 unspecified atom stereocenters. The lowest BCUT2D eigenvalue weighted by Crippen LogP contribution is -2.36. The Labute approximate surface area is 98.2 Å². The summed E-state index contributed by atoms with van der Waals surface area (Å²) in [4.78, 5) is 2.24. The first-order valence-electron chi connectivity index (χ1n) is 5.71. The van der Waals surface area contributed by atoms with Gasteiger partial charge in [0, 0.05) is 36.8 Å². The van der Waals surface area contributed by atoms with Crippen LogP contribution in [0.2, 0.25) is 0 Å². The van der Waals surface area contributed by atoms with Gasteiger partial charge in [0.05, 0.1) is 6.20 Å². The van der Waals surface area contributed by atoms with Crippen LogP contribution in [0.1, 0.15) is 25.1 Å². The van der Waals surface area contributed by atoms with E-state index < -0.39 is 12.7 Å². The van der Waals surface area contributed by atoms with Gasteiger partial charge in [-0.05, 0) is 13.8 Å². The van der Waals surface area contributed by atoms with Crippen LogP contribution in [-0.2, 0) is 19.5 Å². The van der Waals surface area contributed by atoms with E-state index >= 15 is 0 Å². The fourth-order valence-corrected chi connectivity index (χ4v) is 2.17. The molecule has 0 saturated carbocycles. The summed E-state index contributed by atoms with van der Waals surface area (Å²) in [5.74, 6) is 0. The van der Waals surface area contributed by atoms with Crippen LogP contribution < -0.4 is 0 Å². The Hall–Kier alpha value is -1.04. The third-order valence-electron chi connectivity index (χ3n) is 3.10. The maximum Gasteiger partial charge on any atom is 0.408 e. The zero-order valence-corrected chi connectivity index (χ0v) is 9.96. The number of rotatable bonds is 2. The topological polar surface area (TPSA) is 21.1 Å². The molecule has 1 aliphatic rings. The minimum absolute atomic E-state index is 0.411. The van der Waals surface area contributed by atoms with E-state index in [0.717, 1.165) is 22.5 Å². The number of aromatic nitrogens is 2. The van der Waals surface area contributed by atoms with Gasteiger partial charge in [-0.15, -0.1) is 0 Å². The average Bonchev–Trinajstić information content (AvgIpc) is 2.58. The molecule has 0 atom stereocenters. The van der Waals surface area contributed by atoms with Gasteiger partial charge < -0.3 is 0 Å². The Morgan fingerprint density at radius 1 is 1.41 bits per heavy atom. The average molecular weight is 247 g/mol. The van der Waals surface area contributed by atoms with E-state index in [1.54, 1.807) is 6.20 Å². The molecule has 96 valence electrons. The second kappa shape index (κ2) is 4.33. The van der Waals surface area contributed by atoms with Crippen molar-refractivity contribution >= 4 is 0 Å². The summed E-state index contributed by atoms with van der Waals surface area (Å²) in [5, 5.41) is 3.85. The minimum Gasteiger partial charge on any atom is -0.296 e. The van der Waals surface area contributed by atoms with E-state index in [-0.39, 0.29) is 0 Å². The van der Waals surface area contributed by atoms with Gasteiger partial charge in [0.25, 0.3) is 0 Å². The van der Waals surface area contributed by atoms with E-state index in [1.165, 1.54) is 0 Å². The summed E-state index contributed by atoms with van der Waals surface area (Å²) in [6.07, 6.45) is -1.99. The van der Waals surface area contributed by atoms with Gasteiger partial charge in [0.2, 0.25) is 0 Å². The monoisotopic (exact) mass is 247 g/mol. The molecular formula is C11H16F3N3. The molecule has 6 heteroatoms. The SMILES string of the molecule is CC(C)N1CCc2c(cnn2CC(F)(F)F)C1. The van der Waals surface area contributed by atoms with Crippen LogP contribution in [0.3, 0.4) is 0 Å². The maximum absolute atomic E-state index is 12.3. The van der Waals surface area contributed by atoms with Crippen LogP contribution in [-0.4, -0.2) is 33.4 Å². The molecule has 2 heterocycles. The predicted molar refractivity (Wildman–Crippen MR) is 57.5 cm³/mol. The van der Waals surface area contributed by atoms with E-state index in [0.29, 0.717) is 19.0 Å². The fraction of sp³-hybridized carbons (Fsp3) is 0.727. The molecule has 1 aliphatic heterocycles. The van der Waals surface area contributed by atoms with Crippen molar-refractivity contribution in [3.8, 4) is 0 Å². The number of alkyl halides is 3. The van der Waals surface area contributed by atoms with Gasteiger partial charge in [-0.3, -0.25) is 9.58 Å². The molecule has 1 aromatic rings. The van der Waals surface area contributed by atoms with E-state index in [9.17, 15) is 13.2 Å². The number of hydrogen-bond donors (Lipinski definition) is 0. The van der Waals surface area contributed by atoms with Crippen molar-refractivity contribution in [1.82, 2.24) is 14.7 Å². The van der Waals surface area contributed by atoms with E-state index in [2.05, 4.69) is 23.8 Å². The smallest absolute Gasteiger partial charge is 0.296 e. The highest BCUT2D eigenvalue weighted by molar-refractivity contribution is 5.21. The van der Waals surface area contributed by atoms with Gasteiger partial charge >= 0.3 is 6.18 Å². The molecule has 0 aliphatic carbocycles. The first kappa shape index (κ1) is 12.4. The quantitative estimate of drug-likeness (QED) is 0.799. The summed E-state index contributed by atoms with van der Waals surface area (Å²) in [6.45, 7) is 4.69. The highest BCUT2D eigenvalue weighted by Gasteiger charge is 2.31. The lowest BCUT2D eigenvalue weighted by molar-refractivity contribution is -0.143. The first-order valence-corrected chi connectivity index (χ1v) is 5.71. The van der Waals surface area contributed by atoms with Crippen LogP contribution in [0, 0.1) is 0 Å². The maximum atomic E-state index is 12.3. The first-order chi connectivity index (χ1) is 7.87. The third kappa shape index (κ3) is 2.80. The zero-order valence-electron chi connectivity index (χ0n) is 9.96. The van der Waals surface area contributed by atoms with Crippen LogP contribution >= 0.6 is 0 Å². The standard InChI is InChI=1S/C11H16F3N3/c1-8(2)16-4-3-10-9(6-16)5-15-17(10)7-11(12,13)14/h5,8H,3-4,6-7H2,1-2H3. The minimum atomic E-state index is -4.20. The lowest BCUT2D eigenvalue weighted by Gasteiger charge is -2.30. The molecule has 3 nitrogen and oxygen atoms in total. The molecule has 0 spiro atoms. The summed E-state index contributed by atoms with van der Waals surface area (Å²) < 4.78 is 38.1. The van der Waals surface area contributed by atoms with Crippen LogP contribution in [0.5, 0.6) is 0 Å². The third-order valence-corrected chi connectivity index (χ3v) is 3.10. The normalized spacial score (nSPS) is 17.5. The van der Waals surface area contributed by atoms with Crippen LogP contribution in [0.4, 0.5) is 13.2 Å². The molecule has 0 aromatic carbocycles. The highest BCUT2D eigenvalue weighted by atomic mass is 19.4. The van der Waals surface area contributed by atoms with Crippen molar-refractivity contribution < 1.29 is 13.2 Å². The number of hydrogen-bond acceptors (Lipinski definition) is 2. The Bertz CT molecular complexity index is 395. The molecule has 0 N–H and O–H groups in total. The van der Waals surface area contributed by atoms with Gasteiger partial charge in [0.1, 0.15) is 6.54 Å². The molecule has 17 heavy (non-hydrogen) atoms. The van der Waals surface area contributed by atoms with Gasteiger partial charge in [-0.1, -0.05) is 0 Å². The lowest BCUT2D eigenvalue weighted by atomic mass is 10.1. The Balaban J connectivity index is 2.16. The Morgan fingerprint density at radius 3 is 2.71 bits per heavy atom. The molecule has 0 amide bonds. The summed E-state index contributed by atoms with van der Waals surface area (Å²) >= 11 is 0. The largest absolute Gasteiger partial charge is 0.408 e. The van der Waals surface area contributed by atoms with Crippen LogP contribution in [0.15, 0.2) is 6.20 Å². The van der Waals surface area contributed by atoms with Crippen molar-refractivity contribution in [2.24, 2.45) is 0 Å². The van der Waals surface area contributed by atoms with E-state index in [1.807, 2.05) is 0 Å². The number of nitrogens with zero attached hydrogens (tertiary/aromatic N) is 3. The second-order valence-electron chi connectivity index (χ2n) is 4.70. The van der Waals surface area contributed by atoms with Crippen molar-refractivity contribution in [3.05, 3.63) is 17.5 Å². The van der Waals surface area contributed by atoms with Gasteiger partial charge in [-0.25, -0.2) is 0 Å². The molecule has 1 aromatic heterocycles. The van der Waals surface area contributed by atoms with Crippen molar-refractivity contribution in [2.75, 3.05) is 6.54 Å². The molecule has 0 fully saturated rings. The summed E-state index contributed by atoms with van der Waals surface area (Å²) in [7, 11) is 0. The number of fused-ring (bicyclic) bond motifs is 1. The molecule has 2 rings (SSSR count). The number of halogens is 3. The summed E-state index contributed by atoms with van der Waals surface area (Å²) in [5.41, 5.74) is 1.66. The van der Waals surface area contributed by atoms with Crippen molar-refractivity contribution in [3.63, 3.8) is 0 Å². The molecule has 0 bridgehead atoms. The summed E-state index contributed by atoms with van der Waals surface area (Å²) in [6, 6.07) is 0.411. The Morgan fingerprint density at radius 2 is 2.12 bits per heavy atom. The van der Waals surface area contributed by atoms with Gasteiger partial charge in [0.15, 0.2) is 0 Å². The highest BCUT2D eigenvalue weighted by Crippen LogP contribution is 2.24. The molecule has 0 saturated heterocycles. The molecule has 0 radical (unpaired) electrons.